The molecule has 4 nitrogen and oxygen atoms in total. The number of anilines is 1. The maximum Gasteiger partial charge on any atom is 0.316 e. The fraction of sp³-hybridized carbons (Fsp3) is 0.222. The summed E-state index contributed by atoms with van der Waals surface area (Å²) in [5, 5.41) is 0.596. The van der Waals surface area contributed by atoms with Crippen LogP contribution in [-0.2, 0) is 14.3 Å². The van der Waals surface area contributed by atoms with Gasteiger partial charge in [-0.05, 0) is 24.3 Å². The van der Waals surface area contributed by atoms with Crippen LogP contribution in [0.3, 0.4) is 0 Å². The van der Waals surface area contributed by atoms with E-state index in [1.54, 1.807) is 22.7 Å². The Morgan fingerprint density at radius 2 is 1.92 bits per heavy atom. The topological polar surface area (TPSA) is 46.6 Å². The van der Waals surface area contributed by atoms with Crippen molar-refractivity contribution in [1.29, 1.82) is 0 Å². The highest BCUT2D eigenvalue weighted by Crippen LogP contribution is 2.34. The van der Waals surface area contributed by atoms with Crippen LogP contribution in [0.5, 0.6) is 0 Å². The smallest absolute Gasteiger partial charge is 0.316 e. The third-order valence-corrected chi connectivity index (χ3v) is 6.10. The summed E-state index contributed by atoms with van der Waals surface area (Å²) in [6.45, 7) is 0.368. The first-order chi connectivity index (χ1) is 12.1. The zero-order valence-electron chi connectivity index (χ0n) is 13.3. The molecule has 1 aliphatic heterocycles. The number of carbonyl (C=O) groups is 2. The number of carbonyl (C=O) groups excluding carboxylic acids is 2. The van der Waals surface area contributed by atoms with Crippen LogP contribution in [0, 0.1) is 0 Å². The minimum Gasteiger partial charge on any atom is -0.455 e. The molecule has 0 bridgehead atoms. The van der Waals surface area contributed by atoms with Crippen molar-refractivity contribution in [2.45, 2.75) is 9.79 Å². The largest absolute Gasteiger partial charge is 0.455 e. The van der Waals surface area contributed by atoms with Gasteiger partial charge in [0, 0.05) is 22.1 Å². The number of nitrogens with zero attached hydrogens (tertiary/aromatic N) is 1. The third-order valence-electron chi connectivity index (χ3n) is 3.57. The van der Waals surface area contributed by atoms with Crippen molar-refractivity contribution in [1.82, 2.24) is 0 Å². The molecule has 0 atom stereocenters. The van der Waals surface area contributed by atoms with Crippen molar-refractivity contribution >= 4 is 52.7 Å². The van der Waals surface area contributed by atoms with Crippen molar-refractivity contribution < 1.29 is 14.3 Å². The van der Waals surface area contributed by atoms with Crippen LogP contribution < -0.4 is 4.90 Å². The quantitative estimate of drug-likeness (QED) is 0.565. The second-order valence-electron chi connectivity index (χ2n) is 5.24. The van der Waals surface area contributed by atoms with E-state index in [-0.39, 0.29) is 18.3 Å². The number of thioether (sulfide) groups is 2. The standard InChI is InChI=1S/C18H16ClNO3S2/c19-13-5-1-3-7-15(13)25-12-18(22)23-11-17(21)20-9-10-24-16-8-4-2-6-14(16)20/h1-8H,9-12H2. The van der Waals surface area contributed by atoms with Crippen molar-refractivity contribution in [2.24, 2.45) is 0 Å². The van der Waals surface area contributed by atoms with Gasteiger partial charge in [0.1, 0.15) is 0 Å². The molecule has 130 valence electrons. The van der Waals surface area contributed by atoms with Crippen LogP contribution in [0.4, 0.5) is 5.69 Å². The molecule has 0 saturated carbocycles. The first-order valence-electron chi connectivity index (χ1n) is 7.70. The van der Waals surface area contributed by atoms with Crippen LogP contribution in [0.1, 0.15) is 0 Å². The van der Waals surface area contributed by atoms with Gasteiger partial charge >= 0.3 is 5.97 Å². The molecule has 0 aliphatic carbocycles. The summed E-state index contributed by atoms with van der Waals surface area (Å²) in [4.78, 5) is 27.9. The molecule has 1 amide bonds. The fourth-order valence-electron chi connectivity index (χ4n) is 2.39. The molecule has 1 heterocycles. The van der Waals surface area contributed by atoms with Crippen LogP contribution in [-0.4, -0.2) is 36.5 Å². The lowest BCUT2D eigenvalue weighted by Gasteiger charge is -2.28. The number of fused-ring (bicyclic) bond motifs is 1. The molecule has 0 radical (unpaired) electrons. The minimum atomic E-state index is -0.432. The van der Waals surface area contributed by atoms with Gasteiger partial charge in [-0.3, -0.25) is 9.59 Å². The van der Waals surface area contributed by atoms with Gasteiger partial charge in [-0.1, -0.05) is 35.9 Å². The predicted molar refractivity (Wildman–Crippen MR) is 103 cm³/mol. The van der Waals surface area contributed by atoms with Gasteiger partial charge in [-0.15, -0.1) is 23.5 Å². The maximum absolute atomic E-state index is 12.4. The number of ether oxygens (including phenoxy) is 1. The van der Waals surface area contributed by atoms with E-state index in [2.05, 4.69) is 0 Å². The lowest BCUT2D eigenvalue weighted by atomic mass is 10.2. The molecule has 0 fully saturated rings. The number of hydrogen-bond donors (Lipinski definition) is 0. The maximum atomic E-state index is 12.4. The highest BCUT2D eigenvalue weighted by molar-refractivity contribution is 8.00. The molecule has 7 heteroatoms. The van der Waals surface area contributed by atoms with Gasteiger partial charge in [0.05, 0.1) is 16.5 Å². The summed E-state index contributed by atoms with van der Waals surface area (Å²) < 4.78 is 5.13. The van der Waals surface area contributed by atoms with Crippen LogP contribution in [0.15, 0.2) is 58.3 Å². The number of esters is 1. The van der Waals surface area contributed by atoms with E-state index in [0.717, 1.165) is 21.2 Å². The van der Waals surface area contributed by atoms with E-state index >= 15 is 0 Å². The minimum absolute atomic E-state index is 0.115. The summed E-state index contributed by atoms with van der Waals surface area (Å²) in [6, 6.07) is 15.1. The molecule has 0 spiro atoms. The average Bonchev–Trinajstić information content (AvgIpc) is 2.65. The predicted octanol–water partition coefficient (Wildman–Crippen LogP) is 4.11. The van der Waals surface area contributed by atoms with Gasteiger partial charge in [0.15, 0.2) is 6.61 Å². The first-order valence-corrected chi connectivity index (χ1v) is 10.1. The molecular weight excluding hydrogens is 378 g/mol. The molecule has 0 unspecified atom stereocenters. The Kier molecular flexibility index (Phi) is 6.29. The number of para-hydroxylation sites is 1. The summed E-state index contributed by atoms with van der Waals surface area (Å²) in [5.74, 6) is 0.310. The number of halogens is 1. The summed E-state index contributed by atoms with van der Waals surface area (Å²) in [7, 11) is 0. The second-order valence-corrected chi connectivity index (χ2v) is 7.80. The molecule has 3 rings (SSSR count). The number of amides is 1. The zero-order valence-corrected chi connectivity index (χ0v) is 15.7. The van der Waals surface area contributed by atoms with E-state index in [1.165, 1.54) is 11.8 Å². The SMILES string of the molecule is O=C(CSc1ccccc1Cl)OCC(=O)N1CCSc2ccccc21. The summed E-state index contributed by atoms with van der Waals surface area (Å²) in [6.07, 6.45) is 0. The Labute approximate surface area is 159 Å². The average molecular weight is 394 g/mol. The molecule has 25 heavy (non-hydrogen) atoms. The normalized spacial score (nSPS) is 13.2. The van der Waals surface area contributed by atoms with Crippen LogP contribution in [0.2, 0.25) is 5.02 Å². The van der Waals surface area contributed by atoms with E-state index in [0.29, 0.717) is 11.6 Å². The molecule has 1 aliphatic rings. The van der Waals surface area contributed by atoms with Crippen molar-refractivity contribution in [3.05, 3.63) is 53.6 Å². The Balaban J connectivity index is 1.51. The Bertz CT molecular complexity index is 784. The summed E-state index contributed by atoms with van der Waals surface area (Å²) >= 11 is 9.07. The monoisotopic (exact) mass is 393 g/mol. The van der Waals surface area contributed by atoms with Gasteiger partial charge in [0.2, 0.25) is 0 Å². The molecule has 0 N–H and O–H groups in total. The zero-order chi connectivity index (χ0) is 17.6. The highest BCUT2D eigenvalue weighted by Gasteiger charge is 2.23. The van der Waals surface area contributed by atoms with E-state index in [9.17, 15) is 9.59 Å². The summed E-state index contributed by atoms with van der Waals surface area (Å²) in [5.41, 5.74) is 0.880. The van der Waals surface area contributed by atoms with Gasteiger partial charge < -0.3 is 9.64 Å². The van der Waals surface area contributed by atoms with Crippen molar-refractivity contribution in [3.63, 3.8) is 0 Å². The fourth-order valence-corrected chi connectivity index (χ4v) is 4.42. The van der Waals surface area contributed by atoms with Crippen molar-refractivity contribution in [2.75, 3.05) is 29.6 Å². The Morgan fingerprint density at radius 3 is 2.76 bits per heavy atom. The van der Waals surface area contributed by atoms with Gasteiger partial charge in [0.25, 0.3) is 5.91 Å². The van der Waals surface area contributed by atoms with Gasteiger partial charge in [-0.2, -0.15) is 0 Å². The van der Waals surface area contributed by atoms with E-state index in [1.807, 2.05) is 42.5 Å². The van der Waals surface area contributed by atoms with Crippen molar-refractivity contribution in [3.8, 4) is 0 Å². The van der Waals surface area contributed by atoms with E-state index < -0.39 is 5.97 Å². The van der Waals surface area contributed by atoms with Crippen LogP contribution >= 0.6 is 35.1 Å². The lowest BCUT2D eigenvalue weighted by molar-refractivity contribution is -0.145. The highest BCUT2D eigenvalue weighted by atomic mass is 35.5. The Morgan fingerprint density at radius 1 is 1.16 bits per heavy atom. The molecular formula is C18H16ClNO3S2. The molecule has 2 aromatic carbocycles. The Hall–Kier alpha value is -1.63. The first kappa shape index (κ1) is 18.2. The van der Waals surface area contributed by atoms with E-state index in [4.69, 9.17) is 16.3 Å². The number of hydrogen-bond acceptors (Lipinski definition) is 5. The number of rotatable bonds is 5. The van der Waals surface area contributed by atoms with Gasteiger partial charge in [-0.25, -0.2) is 0 Å². The number of benzene rings is 2. The van der Waals surface area contributed by atoms with Crippen LogP contribution in [0.25, 0.3) is 0 Å². The molecule has 2 aromatic rings. The lowest BCUT2D eigenvalue weighted by Crippen LogP contribution is -2.38. The molecule has 0 saturated heterocycles. The second kappa shape index (κ2) is 8.65. The molecule has 0 aromatic heterocycles. The third kappa shape index (κ3) is 4.71.